The van der Waals surface area contributed by atoms with Crippen LogP contribution in [0.3, 0.4) is 0 Å². The first-order chi connectivity index (χ1) is 9.65. The Balaban J connectivity index is 2.37. The number of nitrogens with zero attached hydrogens (tertiary/aromatic N) is 1. The van der Waals surface area contributed by atoms with Gasteiger partial charge in [-0.2, -0.15) is 0 Å². The Hall–Kier alpha value is -2.83. The number of nitrogens with one attached hydrogen (secondary N) is 1. The van der Waals surface area contributed by atoms with Gasteiger partial charge in [-0.05, 0) is 12.1 Å². The van der Waals surface area contributed by atoms with Gasteiger partial charge in [0.15, 0.2) is 5.58 Å². The minimum atomic E-state index is -0.702. The van der Waals surface area contributed by atoms with E-state index in [2.05, 4.69) is 19.9 Å². The smallest absolute Gasteiger partial charge is 0.354 e. The van der Waals surface area contributed by atoms with Crippen LogP contribution in [0.25, 0.3) is 11.0 Å². The monoisotopic (exact) mass is 276 g/mol. The summed E-state index contributed by atoms with van der Waals surface area (Å²) in [6, 6.07) is 5.25. The van der Waals surface area contributed by atoms with E-state index in [1.165, 1.54) is 14.2 Å². The summed E-state index contributed by atoms with van der Waals surface area (Å²) in [4.78, 5) is 22.9. The van der Waals surface area contributed by atoms with Crippen molar-refractivity contribution in [3.63, 3.8) is 0 Å². The number of methoxy groups -OCH3 is 2. The van der Waals surface area contributed by atoms with Crippen molar-refractivity contribution >= 4 is 28.6 Å². The molecule has 0 bridgehead atoms. The molecule has 2 rings (SSSR count). The SMILES string of the molecule is COC(=O)/C=C(/Nc1cccc2cnoc12)C(=O)OC. The zero-order chi connectivity index (χ0) is 14.5. The second-order valence-corrected chi connectivity index (χ2v) is 3.75. The van der Waals surface area contributed by atoms with Crippen LogP contribution in [0.4, 0.5) is 5.69 Å². The van der Waals surface area contributed by atoms with Crippen molar-refractivity contribution in [1.82, 2.24) is 5.16 Å². The highest BCUT2D eigenvalue weighted by molar-refractivity contribution is 6.00. The lowest BCUT2D eigenvalue weighted by Gasteiger charge is -2.08. The van der Waals surface area contributed by atoms with E-state index < -0.39 is 11.9 Å². The molecular weight excluding hydrogens is 264 g/mol. The van der Waals surface area contributed by atoms with Gasteiger partial charge in [-0.3, -0.25) is 0 Å². The molecule has 0 aliphatic heterocycles. The third kappa shape index (κ3) is 2.77. The van der Waals surface area contributed by atoms with Crippen molar-refractivity contribution in [3.8, 4) is 0 Å². The number of esters is 2. The predicted octanol–water partition coefficient (Wildman–Crippen LogP) is 1.47. The van der Waals surface area contributed by atoms with Crippen LogP contribution in [0.15, 0.2) is 40.7 Å². The number of fused-ring (bicyclic) bond motifs is 1. The van der Waals surface area contributed by atoms with E-state index in [1.54, 1.807) is 24.4 Å². The van der Waals surface area contributed by atoms with E-state index in [-0.39, 0.29) is 5.70 Å². The Morgan fingerprint density at radius 2 is 2.10 bits per heavy atom. The highest BCUT2D eigenvalue weighted by atomic mass is 16.5. The van der Waals surface area contributed by atoms with Crippen LogP contribution < -0.4 is 5.32 Å². The molecule has 20 heavy (non-hydrogen) atoms. The molecule has 1 N–H and O–H groups in total. The van der Waals surface area contributed by atoms with Crippen LogP contribution in [0.2, 0.25) is 0 Å². The molecule has 104 valence electrons. The Bertz CT molecular complexity index is 674. The summed E-state index contributed by atoms with van der Waals surface area (Å²) in [5, 5.41) is 7.21. The van der Waals surface area contributed by atoms with Crippen LogP contribution in [-0.2, 0) is 19.1 Å². The molecule has 0 aliphatic rings. The van der Waals surface area contributed by atoms with Gasteiger partial charge in [-0.1, -0.05) is 11.2 Å². The third-order valence-electron chi connectivity index (χ3n) is 2.52. The molecule has 7 heteroatoms. The molecule has 0 unspecified atom stereocenters. The summed E-state index contributed by atoms with van der Waals surface area (Å²) in [7, 11) is 2.43. The van der Waals surface area contributed by atoms with Crippen LogP contribution in [0.1, 0.15) is 0 Å². The van der Waals surface area contributed by atoms with Crippen LogP contribution in [0.5, 0.6) is 0 Å². The van der Waals surface area contributed by atoms with Gasteiger partial charge in [-0.15, -0.1) is 0 Å². The van der Waals surface area contributed by atoms with Crippen molar-refractivity contribution in [2.24, 2.45) is 0 Å². The fourth-order valence-corrected chi connectivity index (χ4v) is 1.57. The summed E-state index contributed by atoms with van der Waals surface area (Å²) in [6.45, 7) is 0. The molecule has 0 aliphatic carbocycles. The van der Waals surface area contributed by atoms with Gasteiger partial charge in [0.1, 0.15) is 5.70 Å². The fraction of sp³-hybridized carbons (Fsp3) is 0.154. The molecule has 0 amide bonds. The molecule has 0 saturated carbocycles. The lowest BCUT2D eigenvalue weighted by Crippen LogP contribution is -2.15. The summed E-state index contributed by atoms with van der Waals surface area (Å²) >= 11 is 0. The molecule has 2 aromatic rings. The summed E-state index contributed by atoms with van der Waals surface area (Å²) < 4.78 is 14.2. The second kappa shape index (κ2) is 5.87. The quantitative estimate of drug-likeness (QED) is 0.667. The number of para-hydroxylation sites is 1. The molecule has 1 heterocycles. The van der Waals surface area contributed by atoms with Crippen LogP contribution in [-0.4, -0.2) is 31.3 Å². The van der Waals surface area contributed by atoms with Crippen LogP contribution >= 0.6 is 0 Å². The summed E-state index contributed by atoms with van der Waals surface area (Å²) in [6.07, 6.45) is 2.55. The highest BCUT2D eigenvalue weighted by Crippen LogP contribution is 2.24. The van der Waals surface area contributed by atoms with Gasteiger partial charge in [0.05, 0.1) is 32.2 Å². The van der Waals surface area contributed by atoms with Gasteiger partial charge >= 0.3 is 11.9 Å². The topological polar surface area (TPSA) is 90.7 Å². The van der Waals surface area contributed by atoms with E-state index in [4.69, 9.17) is 4.52 Å². The number of benzene rings is 1. The number of carbonyl (C=O) groups excluding carboxylic acids is 2. The van der Waals surface area contributed by atoms with E-state index in [0.717, 1.165) is 11.5 Å². The summed E-state index contributed by atoms with van der Waals surface area (Å²) in [5.41, 5.74) is 0.885. The molecular formula is C13H12N2O5. The molecule has 0 radical (unpaired) electrons. The van der Waals surface area contributed by atoms with Gasteiger partial charge in [0, 0.05) is 5.39 Å². The van der Waals surface area contributed by atoms with Crippen molar-refractivity contribution in [1.29, 1.82) is 0 Å². The number of ether oxygens (including phenoxy) is 2. The number of aromatic nitrogens is 1. The Labute approximate surface area is 114 Å². The predicted molar refractivity (Wildman–Crippen MR) is 69.7 cm³/mol. The molecule has 1 aromatic heterocycles. The van der Waals surface area contributed by atoms with Crippen molar-refractivity contribution < 1.29 is 23.6 Å². The van der Waals surface area contributed by atoms with Crippen molar-refractivity contribution in [2.75, 3.05) is 19.5 Å². The van der Waals surface area contributed by atoms with E-state index in [9.17, 15) is 9.59 Å². The Morgan fingerprint density at radius 3 is 2.80 bits per heavy atom. The molecule has 0 saturated heterocycles. The number of rotatable bonds is 4. The van der Waals surface area contributed by atoms with Gasteiger partial charge < -0.3 is 19.3 Å². The molecule has 7 nitrogen and oxygen atoms in total. The van der Waals surface area contributed by atoms with E-state index in [1.807, 2.05) is 0 Å². The van der Waals surface area contributed by atoms with Gasteiger partial charge in [0.25, 0.3) is 0 Å². The zero-order valence-corrected chi connectivity index (χ0v) is 10.9. The largest absolute Gasteiger partial charge is 0.466 e. The normalized spacial score (nSPS) is 11.2. The molecule has 0 atom stereocenters. The molecule has 1 aromatic carbocycles. The summed E-state index contributed by atoms with van der Waals surface area (Å²) in [5.74, 6) is -1.38. The van der Waals surface area contributed by atoms with Crippen LogP contribution in [0, 0.1) is 0 Å². The minimum Gasteiger partial charge on any atom is -0.466 e. The molecule has 0 fully saturated rings. The maximum absolute atomic E-state index is 11.6. The van der Waals surface area contributed by atoms with Gasteiger partial charge in [0.2, 0.25) is 0 Å². The zero-order valence-electron chi connectivity index (χ0n) is 10.9. The number of anilines is 1. The first-order valence-electron chi connectivity index (χ1n) is 5.64. The standard InChI is InChI=1S/C13H12N2O5/c1-18-11(16)6-10(13(17)19-2)15-9-5-3-4-8-7-14-20-12(8)9/h3-7,15H,1-2H3/b10-6+. The lowest BCUT2D eigenvalue weighted by molar-refractivity contribution is -0.138. The second-order valence-electron chi connectivity index (χ2n) is 3.75. The average molecular weight is 276 g/mol. The average Bonchev–Trinajstić information content (AvgIpc) is 2.94. The van der Waals surface area contributed by atoms with Crippen molar-refractivity contribution in [3.05, 3.63) is 36.2 Å². The molecule has 0 spiro atoms. The number of carbonyl (C=O) groups is 2. The lowest BCUT2D eigenvalue weighted by atomic mass is 10.2. The first kappa shape index (κ1) is 13.6. The number of hydrogen-bond acceptors (Lipinski definition) is 7. The van der Waals surface area contributed by atoms with Gasteiger partial charge in [-0.25, -0.2) is 9.59 Å². The highest BCUT2D eigenvalue weighted by Gasteiger charge is 2.15. The maximum atomic E-state index is 11.6. The fourth-order valence-electron chi connectivity index (χ4n) is 1.57. The first-order valence-corrected chi connectivity index (χ1v) is 5.64. The maximum Gasteiger partial charge on any atom is 0.354 e. The van der Waals surface area contributed by atoms with E-state index in [0.29, 0.717) is 11.3 Å². The van der Waals surface area contributed by atoms with Crippen molar-refractivity contribution in [2.45, 2.75) is 0 Å². The third-order valence-corrected chi connectivity index (χ3v) is 2.52. The Morgan fingerprint density at radius 1 is 1.30 bits per heavy atom. The van der Waals surface area contributed by atoms with E-state index >= 15 is 0 Å². The Kier molecular flexibility index (Phi) is 3.99. The minimum absolute atomic E-state index is 0.0664. The number of hydrogen-bond donors (Lipinski definition) is 1.